The highest BCUT2D eigenvalue weighted by Crippen LogP contribution is 2.23. The van der Waals surface area contributed by atoms with Gasteiger partial charge >= 0.3 is 0 Å². The van der Waals surface area contributed by atoms with Gasteiger partial charge < -0.3 is 10.1 Å². The van der Waals surface area contributed by atoms with Gasteiger partial charge in [0.1, 0.15) is 0 Å². The van der Waals surface area contributed by atoms with E-state index in [2.05, 4.69) is 12.2 Å². The van der Waals surface area contributed by atoms with E-state index in [0.717, 1.165) is 25.1 Å². The van der Waals surface area contributed by atoms with Crippen LogP contribution in [0.2, 0.25) is 0 Å². The highest BCUT2D eigenvalue weighted by atomic mass is 16.5. The van der Waals surface area contributed by atoms with Crippen molar-refractivity contribution in [2.75, 3.05) is 20.3 Å². The highest BCUT2D eigenvalue weighted by molar-refractivity contribution is 4.77. The highest BCUT2D eigenvalue weighted by Gasteiger charge is 2.19. The minimum absolute atomic E-state index is 0.744. The molecule has 2 atom stereocenters. The molecule has 0 bridgehead atoms. The Labute approximate surface area is 75.7 Å². The van der Waals surface area contributed by atoms with Crippen molar-refractivity contribution in [2.24, 2.45) is 5.92 Å². The Balaban J connectivity index is 2.11. The van der Waals surface area contributed by atoms with Gasteiger partial charge in [0.05, 0.1) is 6.61 Å². The molecule has 1 rings (SSSR count). The van der Waals surface area contributed by atoms with Gasteiger partial charge in [-0.15, -0.1) is 0 Å². The summed E-state index contributed by atoms with van der Waals surface area (Å²) < 4.78 is 5.01. The van der Waals surface area contributed by atoms with Gasteiger partial charge in [-0.3, -0.25) is 0 Å². The summed E-state index contributed by atoms with van der Waals surface area (Å²) in [5, 5.41) is 3.55. The molecule has 0 saturated heterocycles. The molecule has 1 aliphatic carbocycles. The lowest BCUT2D eigenvalue weighted by molar-refractivity contribution is 0.184. The standard InChI is InChI=1S/C10H21NO/c1-9-5-3-4-6-10(9)11-7-8-12-2/h9-11H,3-8H2,1-2H3/t9-,10+/m1/s1. The molecule has 1 saturated carbocycles. The molecule has 0 amide bonds. The fourth-order valence-electron chi connectivity index (χ4n) is 1.97. The van der Waals surface area contributed by atoms with Crippen LogP contribution in [0, 0.1) is 5.92 Å². The Morgan fingerprint density at radius 2 is 2.08 bits per heavy atom. The summed E-state index contributed by atoms with van der Waals surface area (Å²) >= 11 is 0. The van der Waals surface area contributed by atoms with Gasteiger partial charge in [0, 0.05) is 19.7 Å². The van der Waals surface area contributed by atoms with Gasteiger partial charge in [0.2, 0.25) is 0 Å². The first-order valence-corrected chi connectivity index (χ1v) is 5.07. The summed E-state index contributed by atoms with van der Waals surface area (Å²) in [6.45, 7) is 4.19. The Morgan fingerprint density at radius 1 is 1.33 bits per heavy atom. The largest absolute Gasteiger partial charge is 0.383 e. The molecular weight excluding hydrogens is 150 g/mol. The molecular formula is C10H21NO. The van der Waals surface area contributed by atoms with Crippen molar-refractivity contribution < 1.29 is 4.74 Å². The molecule has 0 heterocycles. The van der Waals surface area contributed by atoms with E-state index in [1.165, 1.54) is 25.7 Å². The molecule has 0 aromatic carbocycles. The van der Waals surface area contributed by atoms with Crippen LogP contribution in [-0.2, 0) is 4.74 Å². The number of nitrogens with one attached hydrogen (secondary N) is 1. The molecule has 2 nitrogen and oxygen atoms in total. The van der Waals surface area contributed by atoms with Crippen LogP contribution in [0.25, 0.3) is 0 Å². The topological polar surface area (TPSA) is 21.3 Å². The van der Waals surface area contributed by atoms with Crippen LogP contribution in [0.15, 0.2) is 0 Å². The van der Waals surface area contributed by atoms with Crippen LogP contribution in [0.4, 0.5) is 0 Å². The van der Waals surface area contributed by atoms with E-state index in [9.17, 15) is 0 Å². The lowest BCUT2D eigenvalue weighted by Gasteiger charge is -2.29. The summed E-state index contributed by atoms with van der Waals surface area (Å²) in [6, 6.07) is 0.744. The van der Waals surface area contributed by atoms with Crippen molar-refractivity contribution in [1.82, 2.24) is 5.32 Å². The van der Waals surface area contributed by atoms with E-state index < -0.39 is 0 Å². The first-order chi connectivity index (χ1) is 5.84. The average Bonchev–Trinajstić information content (AvgIpc) is 2.09. The quantitative estimate of drug-likeness (QED) is 0.651. The minimum Gasteiger partial charge on any atom is -0.383 e. The van der Waals surface area contributed by atoms with Crippen molar-refractivity contribution in [3.8, 4) is 0 Å². The van der Waals surface area contributed by atoms with Crippen molar-refractivity contribution in [3.05, 3.63) is 0 Å². The Morgan fingerprint density at radius 3 is 2.75 bits per heavy atom. The third kappa shape index (κ3) is 3.11. The number of methoxy groups -OCH3 is 1. The number of ether oxygens (including phenoxy) is 1. The monoisotopic (exact) mass is 171 g/mol. The van der Waals surface area contributed by atoms with Gasteiger partial charge in [-0.1, -0.05) is 19.8 Å². The Bertz CT molecular complexity index is 116. The SMILES string of the molecule is COCCN[C@H]1CCCC[C@H]1C. The molecule has 0 unspecified atom stereocenters. The molecule has 0 aromatic rings. The number of rotatable bonds is 4. The van der Waals surface area contributed by atoms with Crippen molar-refractivity contribution in [2.45, 2.75) is 38.6 Å². The zero-order valence-electron chi connectivity index (χ0n) is 8.31. The molecule has 0 aromatic heterocycles. The normalized spacial score (nSPS) is 30.5. The lowest BCUT2D eigenvalue weighted by Crippen LogP contribution is -2.38. The zero-order valence-corrected chi connectivity index (χ0v) is 8.31. The molecule has 12 heavy (non-hydrogen) atoms. The fourth-order valence-corrected chi connectivity index (χ4v) is 1.97. The average molecular weight is 171 g/mol. The minimum atomic E-state index is 0.744. The van der Waals surface area contributed by atoms with Gasteiger partial charge in [0.25, 0.3) is 0 Å². The van der Waals surface area contributed by atoms with Crippen LogP contribution < -0.4 is 5.32 Å². The molecule has 1 fully saturated rings. The van der Waals surface area contributed by atoms with Crippen LogP contribution >= 0.6 is 0 Å². The molecule has 1 N–H and O–H groups in total. The van der Waals surface area contributed by atoms with Gasteiger partial charge in [-0.2, -0.15) is 0 Å². The van der Waals surface area contributed by atoms with Crippen molar-refractivity contribution in [1.29, 1.82) is 0 Å². The van der Waals surface area contributed by atoms with E-state index >= 15 is 0 Å². The maximum atomic E-state index is 5.01. The first kappa shape index (κ1) is 10.0. The zero-order chi connectivity index (χ0) is 8.81. The maximum absolute atomic E-state index is 5.01. The van der Waals surface area contributed by atoms with Gasteiger partial charge in [-0.05, 0) is 18.8 Å². The van der Waals surface area contributed by atoms with E-state index in [4.69, 9.17) is 4.74 Å². The van der Waals surface area contributed by atoms with Gasteiger partial charge in [0.15, 0.2) is 0 Å². The summed E-state index contributed by atoms with van der Waals surface area (Å²) in [5.41, 5.74) is 0. The first-order valence-electron chi connectivity index (χ1n) is 5.07. The van der Waals surface area contributed by atoms with Crippen molar-refractivity contribution >= 4 is 0 Å². The lowest BCUT2D eigenvalue weighted by atomic mass is 9.86. The molecule has 72 valence electrons. The third-order valence-electron chi connectivity index (χ3n) is 2.82. The molecule has 0 aliphatic heterocycles. The summed E-state index contributed by atoms with van der Waals surface area (Å²) in [5.74, 6) is 0.857. The molecule has 2 heteroatoms. The van der Waals surface area contributed by atoms with E-state index in [0.29, 0.717) is 0 Å². The van der Waals surface area contributed by atoms with Crippen LogP contribution in [0.3, 0.4) is 0 Å². The summed E-state index contributed by atoms with van der Waals surface area (Å²) in [6.07, 6.45) is 5.56. The molecule has 1 aliphatic rings. The van der Waals surface area contributed by atoms with E-state index in [1.54, 1.807) is 7.11 Å². The second-order valence-electron chi connectivity index (χ2n) is 3.82. The summed E-state index contributed by atoms with van der Waals surface area (Å²) in [7, 11) is 1.76. The maximum Gasteiger partial charge on any atom is 0.0587 e. The van der Waals surface area contributed by atoms with Crippen LogP contribution in [0.5, 0.6) is 0 Å². The third-order valence-corrected chi connectivity index (χ3v) is 2.82. The predicted molar refractivity (Wildman–Crippen MR) is 51.3 cm³/mol. The Hall–Kier alpha value is -0.0800. The smallest absolute Gasteiger partial charge is 0.0587 e. The molecule has 0 spiro atoms. The van der Waals surface area contributed by atoms with Crippen molar-refractivity contribution in [3.63, 3.8) is 0 Å². The predicted octanol–water partition coefficient (Wildman–Crippen LogP) is 1.80. The Kier molecular flexibility index (Phi) is 4.62. The fraction of sp³-hybridized carbons (Fsp3) is 1.00. The summed E-state index contributed by atoms with van der Waals surface area (Å²) in [4.78, 5) is 0. The van der Waals surface area contributed by atoms with Gasteiger partial charge in [-0.25, -0.2) is 0 Å². The second kappa shape index (κ2) is 5.55. The number of hydrogen-bond acceptors (Lipinski definition) is 2. The van der Waals surface area contributed by atoms with Crippen LogP contribution in [-0.4, -0.2) is 26.3 Å². The van der Waals surface area contributed by atoms with E-state index in [-0.39, 0.29) is 0 Å². The van der Waals surface area contributed by atoms with E-state index in [1.807, 2.05) is 0 Å². The van der Waals surface area contributed by atoms with Crippen LogP contribution in [0.1, 0.15) is 32.6 Å². The molecule has 0 radical (unpaired) electrons. The number of hydrogen-bond donors (Lipinski definition) is 1. The second-order valence-corrected chi connectivity index (χ2v) is 3.82.